The second-order valence-electron chi connectivity index (χ2n) is 4.47. The summed E-state index contributed by atoms with van der Waals surface area (Å²) in [4.78, 5) is 0. The molecule has 96 valence electrons. The number of hydrogen-bond acceptors (Lipinski definition) is 3. The van der Waals surface area contributed by atoms with Crippen molar-refractivity contribution < 1.29 is 4.74 Å². The highest BCUT2D eigenvalue weighted by atomic mass is 16.5. The normalized spacial score (nSPS) is 10.6. The largest absolute Gasteiger partial charge is 0.488 e. The molecule has 0 atom stereocenters. The Morgan fingerprint density at radius 3 is 2.72 bits per heavy atom. The SMILES string of the molecule is CCn1cc(COc2cc(N)c(C)cc2C)cn1. The summed E-state index contributed by atoms with van der Waals surface area (Å²) in [6, 6.07) is 3.93. The molecule has 18 heavy (non-hydrogen) atoms. The van der Waals surface area contributed by atoms with Crippen LogP contribution in [0.1, 0.15) is 23.6 Å². The molecule has 1 aromatic heterocycles. The second kappa shape index (κ2) is 5.12. The van der Waals surface area contributed by atoms with Crippen molar-refractivity contribution in [1.29, 1.82) is 0 Å². The molecule has 2 N–H and O–H groups in total. The first kappa shape index (κ1) is 12.5. The van der Waals surface area contributed by atoms with Crippen LogP contribution in [0.5, 0.6) is 5.75 Å². The smallest absolute Gasteiger partial charge is 0.124 e. The zero-order valence-electron chi connectivity index (χ0n) is 11.1. The molecule has 0 radical (unpaired) electrons. The van der Waals surface area contributed by atoms with Crippen LogP contribution in [-0.2, 0) is 13.2 Å². The lowest BCUT2D eigenvalue weighted by atomic mass is 10.1. The summed E-state index contributed by atoms with van der Waals surface area (Å²) in [6.07, 6.45) is 3.82. The molecule has 0 amide bonds. The fraction of sp³-hybridized carbons (Fsp3) is 0.357. The maximum Gasteiger partial charge on any atom is 0.124 e. The third kappa shape index (κ3) is 2.64. The molecule has 0 spiro atoms. The lowest BCUT2D eigenvalue weighted by molar-refractivity contribution is 0.304. The van der Waals surface area contributed by atoms with Crippen LogP contribution in [0.4, 0.5) is 5.69 Å². The Morgan fingerprint density at radius 2 is 2.06 bits per heavy atom. The van der Waals surface area contributed by atoms with Crippen LogP contribution in [0.25, 0.3) is 0 Å². The maximum absolute atomic E-state index is 5.89. The number of aryl methyl sites for hydroxylation is 3. The Kier molecular flexibility index (Phi) is 3.55. The van der Waals surface area contributed by atoms with E-state index in [0.717, 1.165) is 34.7 Å². The van der Waals surface area contributed by atoms with E-state index in [-0.39, 0.29) is 0 Å². The van der Waals surface area contributed by atoms with E-state index in [4.69, 9.17) is 10.5 Å². The Balaban J connectivity index is 2.08. The summed E-state index contributed by atoms with van der Waals surface area (Å²) in [7, 11) is 0. The van der Waals surface area contributed by atoms with Crippen molar-refractivity contribution in [2.24, 2.45) is 0 Å². The van der Waals surface area contributed by atoms with E-state index in [1.54, 1.807) is 0 Å². The molecular weight excluding hydrogens is 226 g/mol. The van der Waals surface area contributed by atoms with Gasteiger partial charge in [-0.3, -0.25) is 4.68 Å². The lowest BCUT2D eigenvalue weighted by Gasteiger charge is -2.10. The molecule has 0 bridgehead atoms. The summed E-state index contributed by atoms with van der Waals surface area (Å²) in [5, 5.41) is 4.21. The number of anilines is 1. The predicted octanol–water partition coefficient (Wildman–Crippen LogP) is 2.68. The number of benzene rings is 1. The summed E-state index contributed by atoms with van der Waals surface area (Å²) >= 11 is 0. The van der Waals surface area contributed by atoms with Gasteiger partial charge < -0.3 is 10.5 Å². The van der Waals surface area contributed by atoms with Gasteiger partial charge >= 0.3 is 0 Å². The molecule has 0 unspecified atom stereocenters. The van der Waals surface area contributed by atoms with Gasteiger partial charge in [0.2, 0.25) is 0 Å². The van der Waals surface area contributed by atoms with Crippen LogP contribution in [-0.4, -0.2) is 9.78 Å². The standard InChI is InChI=1S/C14H19N3O/c1-4-17-8-12(7-16-17)9-18-14-6-13(15)10(2)5-11(14)3/h5-8H,4,9,15H2,1-3H3. The van der Waals surface area contributed by atoms with Crippen LogP contribution in [0.2, 0.25) is 0 Å². The van der Waals surface area contributed by atoms with E-state index in [9.17, 15) is 0 Å². The number of ether oxygens (including phenoxy) is 1. The van der Waals surface area contributed by atoms with Gasteiger partial charge in [0.05, 0.1) is 6.20 Å². The van der Waals surface area contributed by atoms with E-state index >= 15 is 0 Å². The van der Waals surface area contributed by atoms with Crippen molar-refractivity contribution in [1.82, 2.24) is 9.78 Å². The van der Waals surface area contributed by atoms with Crippen LogP contribution in [0, 0.1) is 13.8 Å². The Morgan fingerprint density at radius 1 is 1.28 bits per heavy atom. The first-order chi connectivity index (χ1) is 8.60. The van der Waals surface area contributed by atoms with Gasteiger partial charge in [0, 0.05) is 30.1 Å². The van der Waals surface area contributed by atoms with Gasteiger partial charge in [0.1, 0.15) is 12.4 Å². The highest BCUT2D eigenvalue weighted by Crippen LogP contribution is 2.25. The average molecular weight is 245 g/mol. The van der Waals surface area contributed by atoms with E-state index in [1.807, 2.05) is 43.1 Å². The zero-order valence-corrected chi connectivity index (χ0v) is 11.1. The van der Waals surface area contributed by atoms with Crippen molar-refractivity contribution in [3.05, 3.63) is 41.2 Å². The summed E-state index contributed by atoms with van der Waals surface area (Å²) in [6.45, 7) is 7.47. The van der Waals surface area contributed by atoms with Gasteiger partial charge in [-0.1, -0.05) is 6.07 Å². The fourth-order valence-electron chi connectivity index (χ4n) is 1.82. The van der Waals surface area contributed by atoms with Crippen molar-refractivity contribution in [3.8, 4) is 5.75 Å². The average Bonchev–Trinajstić information content (AvgIpc) is 2.80. The number of nitrogen functional groups attached to an aromatic ring is 1. The summed E-state index contributed by atoms with van der Waals surface area (Å²) in [5.74, 6) is 0.836. The monoisotopic (exact) mass is 245 g/mol. The molecule has 0 fully saturated rings. The molecule has 4 nitrogen and oxygen atoms in total. The molecule has 0 aliphatic rings. The van der Waals surface area contributed by atoms with Gasteiger partial charge in [-0.25, -0.2) is 0 Å². The third-order valence-corrected chi connectivity index (χ3v) is 2.97. The molecule has 0 saturated carbocycles. The minimum Gasteiger partial charge on any atom is -0.488 e. The topological polar surface area (TPSA) is 53.1 Å². The van der Waals surface area contributed by atoms with Gasteiger partial charge in [-0.15, -0.1) is 0 Å². The Labute approximate surface area is 107 Å². The molecule has 1 heterocycles. The molecule has 4 heteroatoms. The fourth-order valence-corrected chi connectivity index (χ4v) is 1.82. The third-order valence-electron chi connectivity index (χ3n) is 2.97. The number of nitrogens with two attached hydrogens (primary N) is 1. The second-order valence-corrected chi connectivity index (χ2v) is 4.47. The van der Waals surface area contributed by atoms with E-state index < -0.39 is 0 Å². The van der Waals surface area contributed by atoms with E-state index in [0.29, 0.717) is 6.61 Å². The van der Waals surface area contributed by atoms with Gasteiger partial charge in [-0.05, 0) is 31.9 Å². The van der Waals surface area contributed by atoms with Crippen LogP contribution in [0.3, 0.4) is 0 Å². The van der Waals surface area contributed by atoms with Crippen LogP contribution >= 0.6 is 0 Å². The maximum atomic E-state index is 5.89. The highest BCUT2D eigenvalue weighted by Gasteiger charge is 2.05. The van der Waals surface area contributed by atoms with Gasteiger partial charge in [0.15, 0.2) is 0 Å². The van der Waals surface area contributed by atoms with Crippen LogP contribution in [0.15, 0.2) is 24.5 Å². The van der Waals surface area contributed by atoms with Crippen molar-refractivity contribution in [2.45, 2.75) is 33.9 Å². The molecule has 0 saturated heterocycles. The number of aromatic nitrogens is 2. The van der Waals surface area contributed by atoms with Crippen LogP contribution < -0.4 is 10.5 Å². The Bertz CT molecular complexity index is 546. The molecule has 2 rings (SSSR count). The van der Waals surface area contributed by atoms with Gasteiger partial charge in [0.25, 0.3) is 0 Å². The van der Waals surface area contributed by atoms with E-state index in [2.05, 4.69) is 12.0 Å². The molecule has 2 aromatic rings. The first-order valence-electron chi connectivity index (χ1n) is 6.11. The molecule has 0 aliphatic carbocycles. The van der Waals surface area contributed by atoms with Crippen molar-refractivity contribution >= 4 is 5.69 Å². The quantitative estimate of drug-likeness (QED) is 0.842. The summed E-state index contributed by atoms with van der Waals surface area (Å²) in [5.41, 5.74) is 9.90. The first-order valence-corrected chi connectivity index (χ1v) is 6.11. The molecule has 1 aromatic carbocycles. The number of rotatable bonds is 4. The molecular formula is C14H19N3O. The Hall–Kier alpha value is -1.97. The van der Waals surface area contributed by atoms with Crippen molar-refractivity contribution in [2.75, 3.05) is 5.73 Å². The molecule has 0 aliphatic heterocycles. The van der Waals surface area contributed by atoms with E-state index in [1.165, 1.54) is 0 Å². The lowest BCUT2D eigenvalue weighted by Crippen LogP contribution is -1.99. The number of nitrogens with zero attached hydrogens (tertiary/aromatic N) is 2. The highest BCUT2D eigenvalue weighted by molar-refractivity contribution is 5.54. The number of hydrogen-bond donors (Lipinski definition) is 1. The minimum absolute atomic E-state index is 0.517. The predicted molar refractivity (Wildman–Crippen MR) is 72.6 cm³/mol. The van der Waals surface area contributed by atoms with Gasteiger partial charge in [-0.2, -0.15) is 5.10 Å². The summed E-state index contributed by atoms with van der Waals surface area (Å²) < 4.78 is 7.67. The minimum atomic E-state index is 0.517. The zero-order chi connectivity index (χ0) is 13.1. The van der Waals surface area contributed by atoms with Crippen molar-refractivity contribution in [3.63, 3.8) is 0 Å².